The number of hydrogen-bond donors (Lipinski definition) is 1. The summed E-state index contributed by atoms with van der Waals surface area (Å²) >= 11 is 0. The highest BCUT2D eigenvalue weighted by atomic mass is 19.1. The lowest BCUT2D eigenvalue weighted by Crippen LogP contribution is -2.35. The molecule has 3 heterocycles. The van der Waals surface area contributed by atoms with E-state index in [0.717, 1.165) is 17.3 Å². The van der Waals surface area contributed by atoms with E-state index in [1.807, 2.05) is 19.9 Å². The van der Waals surface area contributed by atoms with Crippen LogP contribution < -0.4 is 10.9 Å². The molecule has 7 nitrogen and oxygen atoms in total. The van der Waals surface area contributed by atoms with Crippen molar-refractivity contribution in [3.8, 4) is 6.07 Å². The van der Waals surface area contributed by atoms with Crippen molar-refractivity contribution in [2.24, 2.45) is 0 Å². The van der Waals surface area contributed by atoms with Crippen LogP contribution in [0, 0.1) is 17.1 Å². The number of carbonyl (C=O) groups excluding carboxylic acids is 1. The van der Waals surface area contributed by atoms with Gasteiger partial charge in [-0.25, -0.2) is 9.37 Å². The third-order valence-corrected chi connectivity index (χ3v) is 5.85. The topological polar surface area (TPSA) is 101 Å². The molecule has 0 radical (unpaired) electrons. The van der Waals surface area contributed by atoms with Crippen LogP contribution in [0.25, 0.3) is 11.0 Å². The zero-order valence-corrected chi connectivity index (χ0v) is 19.6. The van der Waals surface area contributed by atoms with Crippen LogP contribution in [0.4, 0.5) is 4.39 Å². The number of amides is 1. The zero-order valence-electron chi connectivity index (χ0n) is 19.6. The van der Waals surface area contributed by atoms with Crippen LogP contribution in [-0.2, 0) is 6.54 Å². The second-order valence-corrected chi connectivity index (χ2v) is 8.68. The summed E-state index contributed by atoms with van der Waals surface area (Å²) in [5.41, 5.74) is 2.64. The highest BCUT2D eigenvalue weighted by molar-refractivity contribution is 5.97. The fourth-order valence-corrected chi connectivity index (χ4v) is 3.77. The standard InChI is InChI=1S/C27H24FN5O2/c1-16(2)21-10-20-11-24(26(34)32-17(3)19-6-4-18(12-29)5-7-19)27(35)33(25(20)31-13-21)15-23-9-8-22(28)14-30-23/h4-11,13-14,16-17H,15H2,1-3H3,(H,32,34)/t17-/m1/s1. The van der Waals surface area contributed by atoms with E-state index in [-0.39, 0.29) is 18.0 Å². The van der Waals surface area contributed by atoms with Crippen LogP contribution in [0.3, 0.4) is 0 Å². The van der Waals surface area contributed by atoms with Crippen molar-refractivity contribution in [1.29, 1.82) is 5.26 Å². The molecule has 4 aromatic rings. The van der Waals surface area contributed by atoms with Gasteiger partial charge in [-0.1, -0.05) is 26.0 Å². The van der Waals surface area contributed by atoms with E-state index in [9.17, 15) is 14.0 Å². The Bertz CT molecular complexity index is 1490. The molecule has 8 heteroatoms. The minimum Gasteiger partial charge on any atom is -0.345 e. The van der Waals surface area contributed by atoms with Gasteiger partial charge < -0.3 is 5.32 Å². The van der Waals surface area contributed by atoms with Gasteiger partial charge in [0.15, 0.2) is 0 Å². The van der Waals surface area contributed by atoms with Gasteiger partial charge in [0.25, 0.3) is 11.5 Å². The smallest absolute Gasteiger partial charge is 0.265 e. The summed E-state index contributed by atoms with van der Waals surface area (Å²) in [5, 5.41) is 12.5. The second kappa shape index (κ2) is 9.85. The molecule has 3 aromatic heterocycles. The Morgan fingerprint density at radius 1 is 1.06 bits per heavy atom. The van der Waals surface area contributed by atoms with Crippen molar-refractivity contribution in [2.75, 3.05) is 0 Å². The number of rotatable bonds is 6. The number of carbonyl (C=O) groups is 1. The van der Waals surface area contributed by atoms with Crippen LogP contribution in [-0.4, -0.2) is 20.4 Å². The summed E-state index contributed by atoms with van der Waals surface area (Å²) < 4.78 is 14.7. The number of nitrogens with one attached hydrogen (secondary N) is 1. The molecule has 35 heavy (non-hydrogen) atoms. The number of nitrogens with zero attached hydrogens (tertiary/aromatic N) is 4. The summed E-state index contributed by atoms with van der Waals surface area (Å²) in [6.07, 6.45) is 2.80. The number of nitriles is 1. The van der Waals surface area contributed by atoms with E-state index in [0.29, 0.717) is 22.3 Å². The summed E-state index contributed by atoms with van der Waals surface area (Å²) in [6, 6.07) is 14.8. The van der Waals surface area contributed by atoms with E-state index in [2.05, 4.69) is 21.4 Å². The van der Waals surface area contributed by atoms with E-state index in [4.69, 9.17) is 5.26 Å². The molecule has 1 aromatic carbocycles. The fraction of sp³-hybridized carbons (Fsp3) is 0.222. The summed E-state index contributed by atoms with van der Waals surface area (Å²) in [7, 11) is 0. The summed E-state index contributed by atoms with van der Waals surface area (Å²) in [6.45, 7) is 5.91. The van der Waals surface area contributed by atoms with Gasteiger partial charge in [0.05, 0.1) is 36.1 Å². The van der Waals surface area contributed by atoms with Crippen molar-refractivity contribution in [3.05, 3.63) is 105 Å². The molecular formula is C27H24FN5O2. The maximum Gasteiger partial charge on any atom is 0.265 e. The molecule has 0 saturated carbocycles. The molecule has 1 atom stereocenters. The molecule has 0 bridgehead atoms. The van der Waals surface area contributed by atoms with Crippen LogP contribution in [0.5, 0.6) is 0 Å². The Labute approximate surface area is 201 Å². The average Bonchev–Trinajstić information content (AvgIpc) is 2.86. The first kappa shape index (κ1) is 23.8. The van der Waals surface area contributed by atoms with Crippen molar-refractivity contribution < 1.29 is 9.18 Å². The van der Waals surface area contributed by atoms with Gasteiger partial charge in [-0.05, 0) is 60.4 Å². The van der Waals surface area contributed by atoms with Crippen molar-refractivity contribution >= 4 is 16.9 Å². The maximum atomic E-state index is 13.4. The Morgan fingerprint density at radius 2 is 1.80 bits per heavy atom. The molecule has 1 amide bonds. The minimum absolute atomic E-state index is 0.0252. The first-order valence-corrected chi connectivity index (χ1v) is 11.2. The van der Waals surface area contributed by atoms with Crippen molar-refractivity contribution in [2.45, 2.75) is 39.3 Å². The largest absolute Gasteiger partial charge is 0.345 e. The number of hydrogen-bond acceptors (Lipinski definition) is 5. The minimum atomic E-state index is -0.524. The molecule has 0 spiro atoms. The fourth-order valence-electron chi connectivity index (χ4n) is 3.77. The van der Waals surface area contributed by atoms with Crippen LogP contribution in [0.15, 0.2) is 65.7 Å². The molecule has 0 aliphatic carbocycles. The number of aromatic nitrogens is 3. The SMILES string of the molecule is CC(C)c1cnc2c(c1)cc(C(=O)N[C@H](C)c1ccc(C#N)cc1)c(=O)n2Cc1ccc(F)cn1. The molecular weight excluding hydrogens is 445 g/mol. The molecule has 0 unspecified atom stereocenters. The molecule has 1 N–H and O–H groups in total. The average molecular weight is 470 g/mol. The number of halogens is 1. The lowest BCUT2D eigenvalue weighted by Gasteiger charge is -2.17. The van der Waals surface area contributed by atoms with Crippen LogP contribution in [0.2, 0.25) is 0 Å². The lowest BCUT2D eigenvalue weighted by molar-refractivity contribution is 0.0938. The summed E-state index contributed by atoms with van der Waals surface area (Å²) in [5.74, 6) is -0.792. The quantitative estimate of drug-likeness (QED) is 0.449. The normalized spacial score (nSPS) is 11.9. The van der Waals surface area contributed by atoms with Gasteiger partial charge >= 0.3 is 0 Å². The first-order chi connectivity index (χ1) is 16.8. The van der Waals surface area contributed by atoms with Crippen LogP contribution >= 0.6 is 0 Å². The van der Waals surface area contributed by atoms with E-state index in [1.165, 1.54) is 16.7 Å². The Morgan fingerprint density at radius 3 is 2.43 bits per heavy atom. The lowest BCUT2D eigenvalue weighted by atomic mass is 10.0. The van der Waals surface area contributed by atoms with Crippen molar-refractivity contribution in [1.82, 2.24) is 19.9 Å². The molecule has 0 fully saturated rings. The van der Waals surface area contributed by atoms with Crippen molar-refractivity contribution in [3.63, 3.8) is 0 Å². The molecule has 0 aliphatic heterocycles. The van der Waals surface area contributed by atoms with E-state index < -0.39 is 23.3 Å². The zero-order chi connectivity index (χ0) is 25.1. The monoisotopic (exact) mass is 469 g/mol. The molecule has 176 valence electrons. The highest BCUT2D eigenvalue weighted by Crippen LogP contribution is 2.21. The van der Waals surface area contributed by atoms with Gasteiger partial charge in [0.2, 0.25) is 0 Å². The Balaban J connectivity index is 1.76. The Hall–Kier alpha value is -4.38. The highest BCUT2D eigenvalue weighted by Gasteiger charge is 2.20. The third kappa shape index (κ3) is 5.09. The van der Waals surface area contributed by atoms with Crippen LogP contribution in [0.1, 0.15) is 65.5 Å². The van der Waals surface area contributed by atoms with E-state index >= 15 is 0 Å². The molecule has 4 rings (SSSR count). The first-order valence-electron chi connectivity index (χ1n) is 11.2. The number of fused-ring (bicyclic) bond motifs is 1. The predicted octanol–water partition coefficient (Wildman–Crippen LogP) is 4.46. The van der Waals surface area contributed by atoms with Gasteiger partial charge in [-0.2, -0.15) is 5.26 Å². The van der Waals surface area contributed by atoms with Gasteiger partial charge in [0.1, 0.15) is 17.0 Å². The molecule has 0 saturated heterocycles. The molecule has 0 aliphatic rings. The number of pyridine rings is 3. The maximum absolute atomic E-state index is 13.4. The second-order valence-electron chi connectivity index (χ2n) is 8.68. The van der Waals surface area contributed by atoms with E-state index in [1.54, 1.807) is 43.5 Å². The summed E-state index contributed by atoms with van der Waals surface area (Å²) in [4.78, 5) is 35.2. The third-order valence-electron chi connectivity index (χ3n) is 5.85. The van der Waals surface area contributed by atoms with Gasteiger partial charge in [-0.3, -0.25) is 19.1 Å². The van der Waals surface area contributed by atoms with Gasteiger partial charge in [0, 0.05) is 11.6 Å². The number of benzene rings is 1. The van der Waals surface area contributed by atoms with Gasteiger partial charge in [-0.15, -0.1) is 0 Å². The predicted molar refractivity (Wildman–Crippen MR) is 130 cm³/mol. The Kier molecular flexibility index (Phi) is 6.69.